The van der Waals surface area contributed by atoms with E-state index in [9.17, 15) is 14.3 Å². The molecule has 1 heterocycles. The summed E-state index contributed by atoms with van der Waals surface area (Å²) >= 11 is 6.16. The highest BCUT2D eigenvalue weighted by atomic mass is 35.5. The molecule has 4 aromatic rings. The molecule has 0 aliphatic carbocycles. The van der Waals surface area contributed by atoms with E-state index in [4.69, 9.17) is 16.3 Å². The van der Waals surface area contributed by atoms with Crippen molar-refractivity contribution >= 4 is 28.5 Å². The SMILES string of the molecule is O=C(O)c1cccc2c1cnn2Cc1cc(Cl)ccc1OCc1ccccc1F. The molecule has 1 aromatic heterocycles. The van der Waals surface area contributed by atoms with E-state index in [0.717, 1.165) is 5.56 Å². The number of ether oxygens (including phenoxy) is 1. The first-order chi connectivity index (χ1) is 14.0. The fraction of sp³-hybridized carbons (Fsp3) is 0.0909. The molecule has 146 valence electrons. The molecule has 29 heavy (non-hydrogen) atoms. The van der Waals surface area contributed by atoms with Crippen molar-refractivity contribution in [3.63, 3.8) is 0 Å². The van der Waals surface area contributed by atoms with Gasteiger partial charge in [-0.1, -0.05) is 35.9 Å². The van der Waals surface area contributed by atoms with Crippen LogP contribution >= 0.6 is 11.6 Å². The van der Waals surface area contributed by atoms with Crippen LogP contribution in [-0.2, 0) is 13.2 Å². The highest BCUT2D eigenvalue weighted by Gasteiger charge is 2.14. The van der Waals surface area contributed by atoms with Gasteiger partial charge in [-0.3, -0.25) is 4.68 Å². The van der Waals surface area contributed by atoms with E-state index < -0.39 is 5.97 Å². The second kappa shape index (κ2) is 7.93. The number of benzene rings is 3. The van der Waals surface area contributed by atoms with Gasteiger partial charge >= 0.3 is 5.97 Å². The molecule has 0 saturated carbocycles. The highest BCUT2D eigenvalue weighted by Crippen LogP contribution is 2.27. The van der Waals surface area contributed by atoms with Gasteiger partial charge in [0.25, 0.3) is 0 Å². The minimum absolute atomic E-state index is 0.0737. The summed E-state index contributed by atoms with van der Waals surface area (Å²) in [4.78, 5) is 11.4. The molecule has 0 bridgehead atoms. The third-order valence-electron chi connectivity index (χ3n) is 4.60. The molecule has 0 aliphatic rings. The molecule has 0 fully saturated rings. The first-order valence-corrected chi connectivity index (χ1v) is 9.23. The Morgan fingerprint density at radius 3 is 2.72 bits per heavy atom. The molecule has 0 aliphatic heterocycles. The average molecular weight is 411 g/mol. The Morgan fingerprint density at radius 1 is 1.10 bits per heavy atom. The number of aromatic carboxylic acids is 1. The van der Waals surface area contributed by atoms with E-state index in [1.807, 2.05) is 0 Å². The van der Waals surface area contributed by atoms with Crippen molar-refractivity contribution < 1.29 is 19.0 Å². The molecular weight excluding hydrogens is 395 g/mol. The first-order valence-electron chi connectivity index (χ1n) is 8.85. The summed E-state index contributed by atoms with van der Waals surface area (Å²) in [5.74, 6) is -0.787. The molecule has 0 spiro atoms. The van der Waals surface area contributed by atoms with Crippen LogP contribution in [0.15, 0.2) is 66.9 Å². The molecule has 3 aromatic carbocycles. The van der Waals surface area contributed by atoms with Crippen LogP contribution in [0.25, 0.3) is 10.9 Å². The molecule has 0 saturated heterocycles. The highest BCUT2D eigenvalue weighted by molar-refractivity contribution is 6.30. The van der Waals surface area contributed by atoms with E-state index in [0.29, 0.717) is 33.8 Å². The molecule has 0 atom stereocenters. The van der Waals surface area contributed by atoms with Crippen molar-refractivity contribution in [2.24, 2.45) is 0 Å². The summed E-state index contributed by atoms with van der Waals surface area (Å²) < 4.78 is 21.4. The quantitative estimate of drug-likeness (QED) is 0.477. The third-order valence-corrected chi connectivity index (χ3v) is 4.84. The van der Waals surface area contributed by atoms with Crippen LogP contribution in [0.5, 0.6) is 5.75 Å². The van der Waals surface area contributed by atoms with Crippen molar-refractivity contribution in [1.29, 1.82) is 0 Å². The van der Waals surface area contributed by atoms with Crippen LogP contribution in [-0.4, -0.2) is 20.9 Å². The molecule has 0 amide bonds. The van der Waals surface area contributed by atoms with Crippen LogP contribution in [0, 0.1) is 5.82 Å². The van der Waals surface area contributed by atoms with Crippen LogP contribution in [0.3, 0.4) is 0 Å². The maximum atomic E-state index is 13.9. The van der Waals surface area contributed by atoms with Gasteiger partial charge in [0, 0.05) is 21.5 Å². The standard InChI is InChI=1S/C22H16ClFN2O3/c23-16-8-9-21(29-13-14-4-1-2-6-19(14)24)15(10-16)12-26-20-7-3-5-17(22(27)28)18(20)11-25-26/h1-11H,12-13H2,(H,27,28). The largest absolute Gasteiger partial charge is 0.488 e. The van der Waals surface area contributed by atoms with E-state index in [2.05, 4.69) is 5.10 Å². The minimum atomic E-state index is -1.01. The van der Waals surface area contributed by atoms with Crippen molar-refractivity contribution in [3.05, 3.63) is 94.4 Å². The van der Waals surface area contributed by atoms with Crippen LogP contribution < -0.4 is 4.74 Å². The monoisotopic (exact) mass is 410 g/mol. The van der Waals surface area contributed by atoms with E-state index in [1.165, 1.54) is 12.3 Å². The van der Waals surface area contributed by atoms with Gasteiger partial charge < -0.3 is 9.84 Å². The van der Waals surface area contributed by atoms with Gasteiger partial charge in [0.1, 0.15) is 18.2 Å². The van der Waals surface area contributed by atoms with Crippen molar-refractivity contribution in [1.82, 2.24) is 9.78 Å². The Bertz CT molecular complexity index is 1210. The summed E-state index contributed by atoms with van der Waals surface area (Å²) in [6.07, 6.45) is 1.53. The number of aromatic nitrogens is 2. The number of nitrogens with zero attached hydrogens (tertiary/aromatic N) is 2. The number of hydrogen-bond donors (Lipinski definition) is 1. The molecule has 0 unspecified atom stereocenters. The normalized spacial score (nSPS) is 11.0. The summed E-state index contributed by atoms with van der Waals surface area (Å²) in [6, 6.07) is 16.6. The predicted octanol–water partition coefficient (Wildman–Crippen LogP) is 5.15. The third kappa shape index (κ3) is 3.93. The maximum absolute atomic E-state index is 13.9. The van der Waals surface area contributed by atoms with Crippen molar-refractivity contribution in [3.8, 4) is 5.75 Å². The van der Waals surface area contributed by atoms with E-state index in [-0.39, 0.29) is 18.0 Å². The molecule has 1 N–H and O–H groups in total. The Labute approximate surface area is 170 Å². The minimum Gasteiger partial charge on any atom is -0.488 e. The number of fused-ring (bicyclic) bond motifs is 1. The lowest BCUT2D eigenvalue weighted by molar-refractivity contribution is 0.0699. The Hall–Kier alpha value is -3.38. The zero-order valence-electron chi connectivity index (χ0n) is 15.2. The number of hydrogen-bond acceptors (Lipinski definition) is 3. The van der Waals surface area contributed by atoms with Crippen LogP contribution in [0.2, 0.25) is 5.02 Å². The number of rotatable bonds is 6. The zero-order chi connectivity index (χ0) is 20.4. The Kier molecular flexibility index (Phi) is 5.18. The summed E-state index contributed by atoms with van der Waals surface area (Å²) in [5, 5.41) is 14.8. The topological polar surface area (TPSA) is 64.3 Å². The second-order valence-electron chi connectivity index (χ2n) is 6.48. The van der Waals surface area contributed by atoms with Crippen LogP contribution in [0.1, 0.15) is 21.5 Å². The maximum Gasteiger partial charge on any atom is 0.336 e. The van der Waals surface area contributed by atoms with Gasteiger partial charge in [0.2, 0.25) is 0 Å². The summed E-state index contributed by atoms with van der Waals surface area (Å²) in [7, 11) is 0. The zero-order valence-corrected chi connectivity index (χ0v) is 15.9. The fourth-order valence-corrected chi connectivity index (χ4v) is 3.36. The lowest BCUT2D eigenvalue weighted by atomic mass is 10.1. The first kappa shape index (κ1) is 19.0. The van der Waals surface area contributed by atoms with E-state index >= 15 is 0 Å². The lowest BCUT2D eigenvalue weighted by Crippen LogP contribution is -2.06. The smallest absolute Gasteiger partial charge is 0.336 e. The number of carbonyl (C=O) groups is 1. The summed E-state index contributed by atoms with van der Waals surface area (Å²) in [6.45, 7) is 0.393. The van der Waals surface area contributed by atoms with Crippen molar-refractivity contribution in [2.45, 2.75) is 13.2 Å². The number of halogens is 2. The molecule has 5 nitrogen and oxygen atoms in total. The average Bonchev–Trinajstić information content (AvgIpc) is 3.11. The summed E-state index contributed by atoms with van der Waals surface area (Å²) in [5.41, 5.74) is 2.07. The van der Waals surface area contributed by atoms with Gasteiger partial charge in [-0.15, -0.1) is 0 Å². The van der Waals surface area contributed by atoms with E-state index in [1.54, 1.807) is 59.3 Å². The molecular formula is C22H16ClFN2O3. The fourth-order valence-electron chi connectivity index (χ4n) is 3.16. The molecule has 7 heteroatoms. The molecule has 4 rings (SSSR count). The number of carboxylic acid groups (broad SMARTS) is 1. The van der Waals surface area contributed by atoms with Gasteiger partial charge in [-0.25, -0.2) is 9.18 Å². The Balaban J connectivity index is 1.65. The van der Waals surface area contributed by atoms with Gasteiger partial charge in [0.15, 0.2) is 0 Å². The molecule has 0 radical (unpaired) electrons. The number of carboxylic acids is 1. The Morgan fingerprint density at radius 2 is 1.93 bits per heavy atom. The van der Waals surface area contributed by atoms with Gasteiger partial charge in [0.05, 0.1) is 23.8 Å². The van der Waals surface area contributed by atoms with Crippen LogP contribution in [0.4, 0.5) is 4.39 Å². The van der Waals surface area contributed by atoms with Crippen molar-refractivity contribution in [2.75, 3.05) is 0 Å². The predicted molar refractivity (Wildman–Crippen MR) is 108 cm³/mol. The van der Waals surface area contributed by atoms with Gasteiger partial charge in [-0.2, -0.15) is 5.10 Å². The lowest BCUT2D eigenvalue weighted by Gasteiger charge is -2.13. The van der Waals surface area contributed by atoms with Gasteiger partial charge in [-0.05, 0) is 36.4 Å². The second-order valence-corrected chi connectivity index (χ2v) is 6.91.